The highest BCUT2D eigenvalue weighted by Crippen LogP contribution is 2.27. The van der Waals surface area contributed by atoms with Crippen LogP contribution in [-0.4, -0.2) is 43.7 Å². The minimum absolute atomic E-state index is 0.00183. The van der Waals surface area contributed by atoms with E-state index in [1.807, 2.05) is 19.9 Å². The van der Waals surface area contributed by atoms with Crippen LogP contribution in [0.25, 0.3) is 11.0 Å². The smallest absolute Gasteiger partial charge is 0.287 e. The lowest BCUT2D eigenvalue weighted by Gasteiger charge is -2.35. The van der Waals surface area contributed by atoms with Crippen molar-refractivity contribution in [3.05, 3.63) is 80.7 Å². The fraction of sp³-hybridized carbons (Fsp3) is 0.429. The molecule has 2 aromatic carbocycles. The Kier molecular flexibility index (Phi) is 6.91. The van der Waals surface area contributed by atoms with Gasteiger partial charge in [0.1, 0.15) is 5.58 Å². The SMILES string of the molecule is Cc1ccc2c(=O)cc(C(=O)NCC(c3ccc(C(C)(C)C)cc3)N3CCOCC3)oc2c1C. The average Bonchev–Trinajstić information content (AvgIpc) is 2.82. The van der Waals surface area contributed by atoms with E-state index >= 15 is 0 Å². The van der Waals surface area contributed by atoms with Gasteiger partial charge in [0.15, 0.2) is 11.2 Å². The predicted octanol–water partition coefficient (Wildman–Crippen LogP) is 4.51. The normalized spacial score (nSPS) is 15.9. The zero-order valence-electron chi connectivity index (χ0n) is 20.7. The maximum Gasteiger partial charge on any atom is 0.287 e. The van der Waals surface area contributed by atoms with Gasteiger partial charge in [0.2, 0.25) is 0 Å². The second-order valence-electron chi connectivity index (χ2n) is 10.1. The lowest BCUT2D eigenvalue weighted by atomic mass is 9.86. The fourth-order valence-electron chi connectivity index (χ4n) is 4.39. The summed E-state index contributed by atoms with van der Waals surface area (Å²) in [6.07, 6.45) is 0. The van der Waals surface area contributed by atoms with E-state index in [4.69, 9.17) is 9.15 Å². The summed E-state index contributed by atoms with van der Waals surface area (Å²) < 4.78 is 11.4. The Balaban J connectivity index is 1.58. The van der Waals surface area contributed by atoms with Gasteiger partial charge in [-0.3, -0.25) is 14.5 Å². The third-order valence-corrected chi connectivity index (χ3v) is 6.74. The van der Waals surface area contributed by atoms with Crippen LogP contribution in [0.3, 0.4) is 0 Å². The highest BCUT2D eigenvalue weighted by atomic mass is 16.5. The summed E-state index contributed by atoms with van der Waals surface area (Å²) in [5.74, 6) is -0.348. The lowest BCUT2D eigenvalue weighted by Crippen LogP contribution is -2.43. The number of benzene rings is 2. The van der Waals surface area contributed by atoms with Crippen LogP contribution < -0.4 is 10.7 Å². The van der Waals surface area contributed by atoms with Gasteiger partial charge in [0.25, 0.3) is 5.91 Å². The van der Waals surface area contributed by atoms with Crippen molar-refractivity contribution in [2.75, 3.05) is 32.8 Å². The molecule has 1 unspecified atom stereocenters. The molecule has 1 aliphatic heterocycles. The first-order valence-electron chi connectivity index (χ1n) is 11.9. The summed E-state index contributed by atoms with van der Waals surface area (Å²) in [5.41, 5.74) is 4.63. The van der Waals surface area contributed by atoms with Gasteiger partial charge in [-0.25, -0.2) is 0 Å². The molecule has 0 saturated carbocycles. The molecule has 0 bridgehead atoms. The van der Waals surface area contributed by atoms with Gasteiger partial charge < -0.3 is 14.5 Å². The van der Waals surface area contributed by atoms with Crippen LogP contribution in [-0.2, 0) is 10.2 Å². The maximum atomic E-state index is 13.1. The Hall–Kier alpha value is -2.96. The predicted molar refractivity (Wildman–Crippen MR) is 135 cm³/mol. The Morgan fingerprint density at radius 1 is 1.06 bits per heavy atom. The number of hydrogen-bond acceptors (Lipinski definition) is 5. The monoisotopic (exact) mass is 462 g/mol. The Morgan fingerprint density at radius 2 is 1.74 bits per heavy atom. The van der Waals surface area contributed by atoms with E-state index in [9.17, 15) is 9.59 Å². The minimum atomic E-state index is -0.385. The number of fused-ring (bicyclic) bond motifs is 1. The second kappa shape index (κ2) is 9.72. The molecule has 1 atom stereocenters. The van der Waals surface area contributed by atoms with Crippen LogP contribution >= 0.6 is 0 Å². The van der Waals surface area contributed by atoms with E-state index in [2.05, 4.69) is 55.3 Å². The number of hydrogen-bond donors (Lipinski definition) is 1. The standard InChI is InChI=1S/C28H34N2O4/c1-18-6-11-22-24(31)16-25(34-26(22)19(18)2)27(32)29-17-23(30-12-14-33-15-13-30)20-7-9-21(10-8-20)28(3,4)5/h6-11,16,23H,12-15,17H2,1-5H3,(H,29,32). The molecule has 1 N–H and O–H groups in total. The molecule has 34 heavy (non-hydrogen) atoms. The van der Waals surface area contributed by atoms with Gasteiger partial charge in [-0.15, -0.1) is 0 Å². The van der Waals surface area contributed by atoms with Crippen molar-refractivity contribution in [2.45, 2.75) is 46.1 Å². The molecule has 1 amide bonds. The zero-order valence-corrected chi connectivity index (χ0v) is 20.7. The summed E-state index contributed by atoms with van der Waals surface area (Å²) in [6.45, 7) is 13.8. The average molecular weight is 463 g/mol. The van der Waals surface area contributed by atoms with Crippen molar-refractivity contribution in [3.63, 3.8) is 0 Å². The molecular weight excluding hydrogens is 428 g/mol. The molecule has 6 heteroatoms. The number of nitrogens with one attached hydrogen (secondary N) is 1. The topological polar surface area (TPSA) is 71.8 Å². The van der Waals surface area contributed by atoms with Crippen LogP contribution in [0.1, 0.15) is 59.6 Å². The number of morpholine rings is 1. The van der Waals surface area contributed by atoms with Gasteiger partial charge in [0.05, 0.1) is 24.6 Å². The summed E-state index contributed by atoms with van der Waals surface area (Å²) >= 11 is 0. The van der Waals surface area contributed by atoms with E-state index in [1.165, 1.54) is 11.6 Å². The lowest BCUT2D eigenvalue weighted by molar-refractivity contribution is 0.0161. The number of nitrogens with zero attached hydrogens (tertiary/aromatic N) is 1. The summed E-state index contributed by atoms with van der Waals surface area (Å²) in [7, 11) is 0. The number of carbonyl (C=O) groups excluding carboxylic acids is 1. The van der Waals surface area contributed by atoms with Crippen LogP contribution in [0.2, 0.25) is 0 Å². The van der Waals surface area contributed by atoms with Gasteiger partial charge in [0, 0.05) is 25.7 Å². The molecular formula is C28H34N2O4. The molecule has 6 nitrogen and oxygen atoms in total. The van der Waals surface area contributed by atoms with Crippen molar-refractivity contribution in [1.82, 2.24) is 10.2 Å². The Labute approximate surface area is 200 Å². The van der Waals surface area contributed by atoms with Gasteiger partial charge >= 0.3 is 0 Å². The van der Waals surface area contributed by atoms with Gasteiger partial charge in [-0.1, -0.05) is 51.1 Å². The molecule has 0 spiro atoms. The Morgan fingerprint density at radius 3 is 2.38 bits per heavy atom. The van der Waals surface area contributed by atoms with Gasteiger partial charge in [-0.05, 0) is 47.6 Å². The van der Waals surface area contributed by atoms with Crippen LogP contribution in [0.5, 0.6) is 0 Å². The Bertz CT molecular complexity index is 1230. The molecule has 1 fully saturated rings. The van der Waals surface area contributed by atoms with Crippen LogP contribution in [0, 0.1) is 13.8 Å². The molecule has 0 aliphatic carbocycles. The number of amides is 1. The van der Waals surface area contributed by atoms with E-state index in [0.717, 1.165) is 29.8 Å². The minimum Gasteiger partial charge on any atom is -0.450 e. The summed E-state index contributed by atoms with van der Waals surface area (Å²) in [5, 5.41) is 3.50. The molecule has 1 aliphatic rings. The van der Waals surface area contributed by atoms with Crippen molar-refractivity contribution >= 4 is 16.9 Å². The molecule has 180 valence electrons. The second-order valence-corrected chi connectivity index (χ2v) is 10.1. The molecule has 4 rings (SSSR count). The molecule has 3 aromatic rings. The molecule has 2 heterocycles. The van der Waals surface area contributed by atoms with E-state index < -0.39 is 0 Å². The molecule has 1 aromatic heterocycles. The van der Waals surface area contributed by atoms with E-state index in [0.29, 0.717) is 30.7 Å². The number of carbonyl (C=O) groups is 1. The highest BCUT2D eigenvalue weighted by Gasteiger charge is 2.25. The maximum absolute atomic E-state index is 13.1. The number of aryl methyl sites for hydroxylation is 2. The third-order valence-electron chi connectivity index (χ3n) is 6.74. The van der Waals surface area contributed by atoms with Crippen molar-refractivity contribution in [3.8, 4) is 0 Å². The first kappa shape index (κ1) is 24.2. The van der Waals surface area contributed by atoms with Crippen LogP contribution in [0.4, 0.5) is 0 Å². The van der Waals surface area contributed by atoms with Crippen molar-refractivity contribution < 1.29 is 13.9 Å². The first-order chi connectivity index (χ1) is 16.1. The van der Waals surface area contributed by atoms with Crippen molar-refractivity contribution in [1.29, 1.82) is 0 Å². The zero-order chi connectivity index (χ0) is 24.5. The van der Waals surface area contributed by atoms with E-state index in [1.54, 1.807) is 6.07 Å². The summed E-state index contributed by atoms with van der Waals surface area (Å²) in [6, 6.07) is 13.6. The fourth-order valence-corrected chi connectivity index (χ4v) is 4.39. The quantitative estimate of drug-likeness (QED) is 0.604. The van der Waals surface area contributed by atoms with Crippen LogP contribution in [0.15, 0.2) is 51.7 Å². The molecule has 1 saturated heterocycles. The third kappa shape index (κ3) is 5.08. The van der Waals surface area contributed by atoms with E-state index in [-0.39, 0.29) is 28.6 Å². The number of rotatable bonds is 5. The van der Waals surface area contributed by atoms with Gasteiger partial charge in [-0.2, -0.15) is 0 Å². The van der Waals surface area contributed by atoms with Crippen molar-refractivity contribution in [2.24, 2.45) is 0 Å². The summed E-state index contributed by atoms with van der Waals surface area (Å²) in [4.78, 5) is 28.0. The molecule has 0 radical (unpaired) electrons. The number of ether oxygens (including phenoxy) is 1. The highest BCUT2D eigenvalue weighted by molar-refractivity contribution is 5.93. The largest absolute Gasteiger partial charge is 0.450 e. The first-order valence-corrected chi connectivity index (χ1v) is 11.9.